The lowest BCUT2D eigenvalue weighted by molar-refractivity contribution is -0.156. The van der Waals surface area contributed by atoms with Gasteiger partial charge < -0.3 is 24.4 Å². The normalized spacial score (nSPS) is 25.4. The number of fused-ring (bicyclic) bond motifs is 2. The second-order valence-corrected chi connectivity index (χ2v) is 8.34. The summed E-state index contributed by atoms with van der Waals surface area (Å²) in [5.41, 5.74) is 0.851. The minimum atomic E-state index is -0.614. The van der Waals surface area contributed by atoms with Gasteiger partial charge in [0.15, 0.2) is 18.1 Å². The Morgan fingerprint density at radius 3 is 3.04 bits per heavy atom. The van der Waals surface area contributed by atoms with E-state index in [1.165, 1.54) is 0 Å². The number of hydrogen-bond donors (Lipinski definition) is 1. The molecule has 0 unspecified atom stereocenters. The third kappa shape index (κ3) is 3.43. The molecule has 4 rings (SSSR count). The Morgan fingerprint density at radius 2 is 2.19 bits per heavy atom. The highest BCUT2D eigenvalue weighted by molar-refractivity contribution is 8.01. The number of carbonyl (C=O) groups is 3. The Hall–Kier alpha value is -2.42. The molecule has 2 saturated heterocycles. The first kappa shape index (κ1) is 18.0. The summed E-state index contributed by atoms with van der Waals surface area (Å²) in [6, 6.07) is 4.79. The predicted octanol–water partition coefficient (Wildman–Crippen LogP) is 1.03. The van der Waals surface area contributed by atoms with E-state index in [0.717, 1.165) is 12.0 Å². The molecule has 27 heavy (non-hydrogen) atoms. The van der Waals surface area contributed by atoms with Crippen molar-refractivity contribution in [2.75, 3.05) is 19.2 Å². The van der Waals surface area contributed by atoms with Crippen LogP contribution < -0.4 is 14.8 Å². The number of thioether (sulfide) groups is 1. The van der Waals surface area contributed by atoms with Gasteiger partial charge in [0.2, 0.25) is 12.7 Å². The average Bonchev–Trinajstić information content (AvgIpc) is 3.33. The molecular formula is C18H20N2O6S. The maximum Gasteiger partial charge on any atom is 0.330 e. The van der Waals surface area contributed by atoms with Crippen molar-refractivity contribution in [3.05, 3.63) is 23.8 Å². The van der Waals surface area contributed by atoms with Gasteiger partial charge in [-0.15, -0.1) is 11.8 Å². The van der Waals surface area contributed by atoms with Crippen LogP contribution in [0.25, 0.3) is 0 Å². The van der Waals surface area contributed by atoms with Gasteiger partial charge in [-0.3, -0.25) is 9.59 Å². The SMILES string of the molecule is C[C@]12CCC(=O)N1[C@@H](C(=O)OCC(=O)NCc1ccc3c(c1)OCO3)CS2. The number of ether oxygens (including phenoxy) is 3. The fourth-order valence-electron chi connectivity index (χ4n) is 3.53. The van der Waals surface area contributed by atoms with Crippen molar-refractivity contribution in [2.24, 2.45) is 0 Å². The van der Waals surface area contributed by atoms with Crippen molar-refractivity contribution in [3.8, 4) is 11.5 Å². The smallest absolute Gasteiger partial charge is 0.330 e. The molecule has 2 amide bonds. The van der Waals surface area contributed by atoms with Crippen LogP contribution in [0.1, 0.15) is 25.3 Å². The van der Waals surface area contributed by atoms with E-state index in [4.69, 9.17) is 14.2 Å². The van der Waals surface area contributed by atoms with Crippen LogP contribution in [-0.4, -0.2) is 52.7 Å². The predicted molar refractivity (Wildman–Crippen MR) is 96.1 cm³/mol. The topological polar surface area (TPSA) is 94.2 Å². The van der Waals surface area contributed by atoms with Gasteiger partial charge in [0, 0.05) is 18.7 Å². The molecule has 2 atom stereocenters. The Morgan fingerprint density at radius 1 is 1.37 bits per heavy atom. The Bertz CT molecular complexity index is 800. The summed E-state index contributed by atoms with van der Waals surface area (Å²) in [5, 5.41) is 2.70. The number of esters is 1. The molecular weight excluding hydrogens is 372 g/mol. The molecule has 0 bridgehead atoms. The number of carbonyl (C=O) groups excluding carboxylic acids is 3. The second-order valence-electron chi connectivity index (χ2n) is 6.84. The van der Waals surface area contributed by atoms with Gasteiger partial charge in [-0.05, 0) is 31.0 Å². The fraction of sp³-hybridized carbons (Fsp3) is 0.500. The van der Waals surface area contributed by atoms with Gasteiger partial charge in [0.1, 0.15) is 6.04 Å². The molecule has 0 aliphatic carbocycles. The van der Waals surface area contributed by atoms with E-state index in [1.807, 2.05) is 13.0 Å². The van der Waals surface area contributed by atoms with E-state index in [2.05, 4.69) is 5.32 Å². The molecule has 0 saturated carbocycles. The summed E-state index contributed by atoms with van der Waals surface area (Å²) in [6.45, 7) is 2.07. The van der Waals surface area contributed by atoms with Crippen LogP contribution in [0.4, 0.5) is 0 Å². The quantitative estimate of drug-likeness (QED) is 0.748. The van der Waals surface area contributed by atoms with E-state index in [1.54, 1.807) is 28.8 Å². The van der Waals surface area contributed by atoms with Crippen molar-refractivity contribution in [1.82, 2.24) is 10.2 Å². The summed E-state index contributed by atoms with van der Waals surface area (Å²) in [7, 11) is 0. The van der Waals surface area contributed by atoms with Gasteiger partial charge in [-0.25, -0.2) is 4.79 Å². The molecule has 1 aromatic carbocycles. The summed E-state index contributed by atoms with van der Waals surface area (Å²) in [6.07, 6.45) is 1.18. The van der Waals surface area contributed by atoms with E-state index < -0.39 is 17.9 Å². The van der Waals surface area contributed by atoms with Crippen LogP contribution in [0.3, 0.4) is 0 Å². The molecule has 9 heteroatoms. The highest BCUT2D eigenvalue weighted by Crippen LogP contribution is 2.47. The van der Waals surface area contributed by atoms with E-state index in [9.17, 15) is 14.4 Å². The number of hydrogen-bond acceptors (Lipinski definition) is 7. The van der Waals surface area contributed by atoms with Crippen molar-refractivity contribution in [2.45, 2.75) is 37.2 Å². The summed E-state index contributed by atoms with van der Waals surface area (Å²) >= 11 is 1.59. The molecule has 3 aliphatic rings. The van der Waals surface area contributed by atoms with Crippen LogP contribution in [0.15, 0.2) is 18.2 Å². The number of nitrogens with one attached hydrogen (secondary N) is 1. The minimum absolute atomic E-state index is 0.0308. The Kier molecular flexibility index (Phi) is 4.63. The molecule has 1 aromatic rings. The highest BCUT2D eigenvalue weighted by Gasteiger charge is 2.53. The van der Waals surface area contributed by atoms with Crippen LogP contribution >= 0.6 is 11.8 Å². The van der Waals surface area contributed by atoms with Crippen molar-refractivity contribution >= 4 is 29.5 Å². The first-order valence-corrected chi connectivity index (χ1v) is 9.73. The molecule has 0 spiro atoms. The lowest BCUT2D eigenvalue weighted by atomic mass is 10.2. The first-order chi connectivity index (χ1) is 13.0. The number of rotatable bonds is 5. The zero-order valence-corrected chi connectivity index (χ0v) is 15.7. The van der Waals surface area contributed by atoms with Gasteiger partial charge in [-0.1, -0.05) is 6.07 Å². The molecule has 2 fully saturated rings. The Balaban J connectivity index is 1.26. The molecule has 3 heterocycles. The summed E-state index contributed by atoms with van der Waals surface area (Å²) in [5.74, 6) is 0.862. The van der Waals surface area contributed by atoms with Crippen molar-refractivity contribution in [1.29, 1.82) is 0 Å². The zero-order chi connectivity index (χ0) is 19.0. The van der Waals surface area contributed by atoms with E-state index in [0.29, 0.717) is 23.7 Å². The van der Waals surface area contributed by atoms with Gasteiger partial charge >= 0.3 is 5.97 Å². The number of benzene rings is 1. The maximum absolute atomic E-state index is 12.3. The van der Waals surface area contributed by atoms with E-state index >= 15 is 0 Å². The molecule has 0 aromatic heterocycles. The minimum Gasteiger partial charge on any atom is -0.454 e. The zero-order valence-electron chi connectivity index (χ0n) is 14.9. The van der Waals surface area contributed by atoms with Gasteiger partial charge in [0.25, 0.3) is 5.91 Å². The van der Waals surface area contributed by atoms with Crippen LogP contribution in [-0.2, 0) is 25.7 Å². The van der Waals surface area contributed by atoms with Gasteiger partial charge in [0.05, 0.1) is 4.87 Å². The van der Waals surface area contributed by atoms with Gasteiger partial charge in [-0.2, -0.15) is 0 Å². The first-order valence-electron chi connectivity index (χ1n) is 8.74. The van der Waals surface area contributed by atoms with Crippen LogP contribution in [0.2, 0.25) is 0 Å². The van der Waals surface area contributed by atoms with E-state index in [-0.39, 0.29) is 30.7 Å². The van der Waals surface area contributed by atoms with Crippen molar-refractivity contribution < 1.29 is 28.6 Å². The van der Waals surface area contributed by atoms with Crippen molar-refractivity contribution in [3.63, 3.8) is 0 Å². The van der Waals surface area contributed by atoms with Crippen LogP contribution in [0, 0.1) is 0 Å². The highest BCUT2D eigenvalue weighted by atomic mass is 32.2. The lowest BCUT2D eigenvalue weighted by Gasteiger charge is -2.29. The maximum atomic E-state index is 12.3. The summed E-state index contributed by atoms with van der Waals surface area (Å²) < 4.78 is 15.7. The molecule has 144 valence electrons. The van der Waals surface area contributed by atoms with Crippen LogP contribution in [0.5, 0.6) is 11.5 Å². The molecule has 1 N–H and O–H groups in total. The number of amides is 2. The Labute approximate surface area is 160 Å². The average molecular weight is 392 g/mol. The third-order valence-corrected chi connectivity index (χ3v) is 6.49. The monoisotopic (exact) mass is 392 g/mol. The molecule has 8 nitrogen and oxygen atoms in total. The lowest BCUT2D eigenvalue weighted by Crippen LogP contribution is -2.47. The third-order valence-electron chi connectivity index (χ3n) is 4.99. The summed E-state index contributed by atoms with van der Waals surface area (Å²) in [4.78, 5) is 37.7. The fourth-order valence-corrected chi connectivity index (χ4v) is 4.95. The molecule has 0 radical (unpaired) electrons. The second kappa shape index (κ2) is 6.95. The number of nitrogens with zero attached hydrogens (tertiary/aromatic N) is 1. The molecule has 3 aliphatic heterocycles. The largest absolute Gasteiger partial charge is 0.454 e. The standard InChI is InChI=1S/C18H20N2O6S/c1-18-5-4-16(22)20(18)12(9-27-18)17(23)24-8-15(21)19-7-11-2-3-13-14(6-11)26-10-25-13/h2-3,6,12H,4-5,7-10H2,1H3,(H,19,21)/t12-,18+/m1/s1.